The summed E-state index contributed by atoms with van der Waals surface area (Å²) in [6.45, 7) is 0. The molecule has 20 heavy (non-hydrogen) atoms. The molecule has 0 fully saturated rings. The lowest BCUT2D eigenvalue weighted by molar-refractivity contribution is 0.0697. The Balaban J connectivity index is 2.40. The van der Waals surface area contributed by atoms with Crippen molar-refractivity contribution in [2.24, 2.45) is 0 Å². The Hall–Kier alpha value is -2.70. The number of nitrogens with two attached hydrogens (primary N) is 1. The summed E-state index contributed by atoms with van der Waals surface area (Å²) in [7, 11) is 0. The van der Waals surface area contributed by atoms with Crippen LogP contribution in [0.3, 0.4) is 0 Å². The number of aromatic carboxylic acids is 1. The first-order chi connectivity index (χ1) is 9.38. The second-order valence-electron chi connectivity index (χ2n) is 3.85. The maximum Gasteiger partial charge on any atom is 0.337 e. The van der Waals surface area contributed by atoms with Gasteiger partial charge in [-0.1, -0.05) is 0 Å². The third-order valence-corrected chi connectivity index (χ3v) is 2.45. The van der Waals surface area contributed by atoms with Crippen LogP contribution in [0.15, 0.2) is 30.3 Å². The molecule has 2 rings (SSSR count). The summed E-state index contributed by atoms with van der Waals surface area (Å²) < 4.78 is 44.3. The second kappa shape index (κ2) is 5.12. The number of halogens is 3. The number of carboxylic acid groups (broad SMARTS) is 1. The van der Waals surface area contributed by atoms with Crippen LogP contribution in [0, 0.1) is 17.5 Å². The Bertz CT molecular complexity index is 689. The summed E-state index contributed by atoms with van der Waals surface area (Å²) in [5.41, 5.74) is 4.71. The second-order valence-corrected chi connectivity index (χ2v) is 3.85. The third-order valence-electron chi connectivity index (χ3n) is 2.45. The number of nitrogen functional groups attached to an aromatic ring is 1. The lowest BCUT2D eigenvalue weighted by atomic mass is 10.1. The van der Waals surface area contributed by atoms with E-state index >= 15 is 0 Å². The molecule has 2 aromatic rings. The number of rotatable bonds is 3. The number of carbonyl (C=O) groups is 1. The molecule has 0 aliphatic heterocycles. The number of ether oxygens (including phenoxy) is 1. The molecule has 2 aromatic carbocycles. The van der Waals surface area contributed by atoms with Gasteiger partial charge in [-0.25, -0.2) is 18.0 Å². The molecule has 0 heterocycles. The molecule has 0 aliphatic carbocycles. The van der Waals surface area contributed by atoms with Gasteiger partial charge in [0.25, 0.3) is 0 Å². The highest BCUT2D eigenvalue weighted by Crippen LogP contribution is 2.29. The van der Waals surface area contributed by atoms with Gasteiger partial charge in [-0.2, -0.15) is 0 Å². The maximum absolute atomic E-state index is 13.6. The van der Waals surface area contributed by atoms with Crippen LogP contribution in [0.2, 0.25) is 0 Å². The maximum atomic E-state index is 13.6. The Morgan fingerprint density at radius 1 is 1.05 bits per heavy atom. The van der Waals surface area contributed by atoms with Crippen LogP contribution in [0.5, 0.6) is 11.5 Å². The zero-order valence-corrected chi connectivity index (χ0v) is 9.86. The van der Waals surface area contributed by atoms with Gasteiger partial charge in [0.05, 0.1) is 5.56 Å². The third kappa shape index (κ3) is 2.66. The van der Waals surface area contributed by atoms with Crippen molar-refractivity contribution in [3.63, 3.8) is 0 Å². The summed E-state index contributed by atoms with van der Waals surface area (Å²) in [4.78, 5) is 10.9. The molecule has 0 saturated carbocycles. The topological polar surface area (TPSA) is 72.5 Å². The van der Waals surface area contributed by atoms with Gasteiger partial charge in [0.15, 0.2) is 23.2 Å². The van der Waals surface area contributed by atoms with Crippen molar-refractivity contribution in [2.45, 2.75) is 0 Å². The average molecular weight is 283 g/mol. The van der Waals surface area contributed by atoms with Crippen LogP contribution in [0.1, 0.15) is 10.4 Å². The van der Waals surface area contributed by atoms with Crippen LogP contribution < -0.4 is 10.5 Å². The monoisotopic (exact) mass is 283 g/mol. The molecule has 0 aromatic heterocycles. The highest BCUT2D eigenvalue weighted by atomic mass is 19.2. The number of hydrogen-bond donors (Lipinski definition) is 2. The van der Waals surface area contributed by atoms with Crippen LogP contribution >= 0.6 is 0 Å². The predicted octanol–water partition coefficient (Wildman–Crippen LogP) is 3.18. The fraction of sp³-hybridized carbons (Fsp3) is 0. The van der Waals surface area contributed by atoms with Crippen molar-refractivity contribution in [3.05, 3.63) is 53.3 Å². The predicted molar refractivity (Wildman–Crippen MR) is 64.2 cm³/mol. The minimum atomic E-state index is -1.36. The molecule has 7 heteroatoms. The van der Waals surface area contributed by atoms with E-state index in [0.29, 0.717) is 6.07 Å². The largest absolute Gasteiger partial charge is 0.478 e. The van der Waals surface area contributed by atoms with Crippen molar-refractivity contribution >= 4 is 11.7 Å². The van der Waals surface area contributed by atoms with E-state index in [9.17, 15) is 18.0 Å². The fourth-order valence-corrected chi connectivity index (χ4v) is 1.50. The molecule has 3 N–H and O–H groups in total. The average Bonchev–Trinajstić information content (AvgIpc) is 2.36. The summed E-state index contributed by atoms with van der Waals surface area (Å²) in [5.74, 6) is -5.17. The van der Waals surface area contributed by atoms with Gasteiger partial charge in [-0.3, -0.25) is 0 Å². The number of benzene rings is 2. The van der Waals surface area contributed by atoms with Gasteiger partial charge in [0, 0.05) is 23.9 Å². The first-order valence-electron chi connectivity index (χ1n) is 5.33. The number of hydrogen-bond acceptors (Lipinski definition) is 3. The van der Waals surface area contributed by atoms with Gasteiger partial charge in [0.2, 0.25) is 0 Å². The van der Waals surface area contributed by atoms with Gasteiger partial charge in [0.1, 0.15) is 5.75 Å². The minimum Gasteiger partial charge on any atom is -0.478 e. The first-order valence-corrected chi connectivity index (χ1v) is 5.33. The highest BCUT2D eigenvalue weighted by molar-refractivity contribution is 5.94. The van der Waals surface area contributed by atoms with Gasteiger partial charge < -0.3 is 15.6 Å². The number of anilines is 1. The van der Waals surface area contributed by atoms with E-state index in [4.69, 9.17) is 15.6 Å². The van der Waals surface area contributed by atoms with Crippen LogP contribution in [0.4, 0.5) is 18.9 Å². The molecule has 0 radical (unpaired) electrons. The molecule has 0 unspecified atom stereocenters. The molecule has 0 aliphatic rings. The van der Waals surface area contributed by atoms with E-state index in [-0.39, 0.29) is 17.0 Å². The highest BCUT2D eigenvalue weighted by Gasteiger charge is 2.15. The molecular formula is C13H8F3NO3. The van der Waals surface area contributed by atoms with Gasteiger partial charge in [-0.15, -0.1) is 0 Å². The summed E-state index contributed by atoms with van der Waals surface area (Å²) in [6, 6.07) is 4.24. The Morgan fingerprint density at radius 2 is 1.75 bits per heavy atom. The standard InChI is InChI=1S/C13H8F3NO3/c14-8-2-1-6(3-9(8)15)20-12-4-7(13(18)19)11(17)5-10(12)16/h1-5H,17H2,(H,18,19). The molecular weight excluding hydrogens is 275 g/mol. The lowest BCUT2D eigenvalue weighted by Crippen LogP contribution is -2.04. The molecule has 104 valence electrons. The van der Waals surface area contributed by atoms with E-state index in [1.54, 1.807) is 0 Å². The van der Waals surface area contributed by atoms with Crippen molar-refractivity contribution in [2.75, 3.05) is 5.73 Å². The van der Waals surface area contributed by atoms with Crippen LogP contribution in [-0.4, -0.2) is 11.1 Å². The summed E-state index contributed by atoms with van der Waals surface area (Å²) in [6.07, 6.45) is 0. The van der Waals surface area contributed by atoms with E-state index in [2.05, 4.69) is 0 Å². The van der Waals surface area contributed by atoms with E-state index in [1.165, 1.54) is 0 Å². The van der Waals surface area contributed by atoms with Crippen LogP contribution in [-0.2, 0) is 0 Å². The quantitative estimate of drug-likeness (QED) is 0.848. The van der Waals surface area contributed by atoms with E-state index in [0.717, 1.165) is 24.3 Å². The Kier molecular flexibility index (Phi) is 3.51. The molecule has 0 atom stereocenters. The summed E-state index contributed by atoms with van der Waals surface area (Å²) >= 11 is 0. The molecule has 0 bridgehead atoms. The lowest BCUT2D eigenvalue weighted by Gasteiger charge is -2.09. The van der Waals surface area contributed by atoms with Crippen molar-refractivity contribution in [1.82, 2.24) is 0 Å². The van der Waals surface area contributed by atoms with Crippen LogP contribution in [0.25, 0.3) is 0 Å². The molecule has 0 saturated heterocycles. The Morgan fingerprint density at radius 3 is 2.35 bits per heavy atom. The zero-order valence-electron chi connectivity index (χ0n) is 9.86. The van der Waals surface area contributed by atoms with E-state index < -0.39 is 29.2 Å². The smallest absolute Gasteiger partial charge is 0.337 e. The van der Waals surface area contributed by atoms with Gasteiger partial charge in [-0.05, 0) is 12.1 Å². The fourth-order valence-electron chi connectivity index (χ4n) is 1.50. The SMILES string of the molecule is Nc1cc(F)c(Oc2ccc(F)c(F)c2)cc1C(=O)O. The number of carboxylic acids is 1. The molecule has 0 spiro atoms. The first kappa shape index (κ1) is 13.7. The van der Waals surface area contributed by atoms with Crippen molar-refractivity contribution in [3.8, 4) is 11.5 Å². The normalized spacial score (nSPS) is 10.3. The minimum absolute atomic E-state index is 0.177. The van der Waals surface area contributed by atoms with Crippen molar-refractivity contribution in [1.29, 1.82) is 0 Å². The summed E-state index contributed by atoms with van der Waals surface area (Å²) in [5, 5.41) is 8.86. The van der Waals surface area contributed by atoms with Gasteiger partial charge >= 0.3 is 5.97 Å². The molecule has 0 amide bonds. The zero-order chi connectivity index (χ0) is 14.9. The van der Waals surface area contributed by atoms with Crippen molar-refractivity contribution < 1.29 is 27.8 Å². The molecule has 4 nitrogen and oxygen atoms in total. The Labute approximate surface area is 111 Å². The van der Waals surface area contributed by atoms with E-state index in [1.807, 2.05) is 0 Å².